The number of hydrogen-bond donors (Lipinski definition) is 1. The minimum Gasteiger partial charge on any atom is -0.313 e. The number of nitriles is 1. The Morgan fingerprint density at radius 2 is 2.00 bits per heavy atom. The molecule has 92 valence electrons. The number of benzene rings is 1. The molecule has 1 rings (SSSR count). The van der Waals surface area contributed by atoms with Gasteiger partial charge >= 0.3 is 0 Å². The third-order valence-corrected chi connectivity index (χ3v) is 2.60. The van der Waals surface area contributed by atoms with Crippen molar-refractivity contribution in [1.29, 1.82) is 5.26 Å². The van der Waals surface area contributed by atoms with Crippen LogP contribution in [-0.2, 0) is 6.54 Å². The maximum atomic E-state index is 8.98. The highest BCUT2D eigenvalue weighted by Crippen LogP contribution is 2.09. The first-order valence-electron chi connectivity index (χ1n) is 6.04. The fraction of sp³-hybridized carbons (Fsp3) is 0.500. The highest BCUT2D eigenvalue weighted by molar-refractivity contribution is 5.15. The summed E-state index contributed by atoms with van der Waals surface area (Å²) in [6, 6.07) is 12.4. The average molecular weight is 231 g/mol. The molecule has 0 fully saturated rings. The molecule has 1 unspecified atom stereocenters. The summed E-state index contributed by atoms with van der Waals surface area (Å²) < 4.78 is 0. The Labute approximate surface area is 104 Å². The topological polar surface area (TPSA) is 53.0 Å². The summed E-state index contributed by atoms with van der Waals surface area (Å²) >= 11 is 0. The van der Waals surface area contributed by atoms with Gasteiger partial charge in [0.1, 0.15) is 5.54 Å². The molecule has 0 amide bonds. The Bertz CT molecular complexity index is 365. The molecule has 17 heavy (non-hydrogen) atoms. The SMILES string of the molecule is CCCN(Cc1ccccc1)CC(C)(N)C#N. The van der Waals surface area contributed by atoms with Crippen molar-refractivity contribution in [1.82, 2.24) is 4.90 Å². The van der Waals surface area contributed by atoms with Crippen molar-refractivity contribution >= 4 is 0 Å². The Kier molecular flexibility index (Phi) is 5.14. The van der Waals surface area contributed by atoms with Gasteiger partial charge in [0, 0.05) is 13.1 Å². The van der Waals surface area contributed by atoms with Crippen LogP contribution >= 0.6 is 0 Å². The van der Waals surface area contributed by atoms with Gasteiger partial charge in [-0.3, -0.25) is 4.90 Å². The van der Waals surface area contributed by atoms with Crippen LogP contribution < -0.4 is 5.73 Å². The molecule has 1 atom stereocenters. The van der Waals surface area contributed by atoms with E-state index in [1.807, 2.05) is 18.2 Å². The molecular formula is C14H21N3. The molecule has 2 N–H and O–H groups in total. The standard InChI is InChI=1S/C14H21N3/c1-3-9-17(12-14(2,16)11-15)10-13-7-5-4-6-8-13/h4-8H,3,9-10,12,16H2,1-2H3. The van der Waals surface area contributed by atoms with E-state index in [0.29, 0.717) is 6.54 Å². The molecule has 1 aromatic rings. The van der Waals surface area contributed by atoms with Crippen LogP contribution in [0.15, 0.2) is 30.3 Å². The van der Waals surface area contributed by atoms with E-state index in [9.17, 15) is 0 Å². The Morgan fingerprint density at radius 1 is 1.35 bits per heavy atom. The zero-order valence-corrected chi connectivity index (χ0v) is 10.7. The van der Waals surface area contributed by atoms with E-state index in [2.05, 4.69) is 30.0 Å². The van der Waals surface area contributed by atoms with Crippen LogP contribution in [0.3, 0.4) is 0 Å². The molecule has 0 radical (unpaired) electrons. The van der Waals surface area contributed by atoms with Crippen molar-refractivity contribution < 1.29 is 0 Å². The van der Waals surface area contributed by atoms with E-state index in [0.717, 1.165) is 19.5 Å². The second-order valence-electron chi connectivity index (χ2n) is 4.73. The predicted molar refractivity (Wildman–Crippen MR) is 70.2 cm³/mol. The fourth-order valence-electron chi connectivity index (χ4n) is 1.87. The van der Waals surface area contributed by atoms with Gasteiger partial charge in [-0.05, 0) is 25.5 Å². The van der Waals surface area contributed by atoms with Gasteiger partial charge in [-0.15, -0.1) is 0 Å². The van der Waals surface area contributed by atoms with Crippen LogP contribution in [-0.4, -0.2) is 23.5 Å². The van der Waals surface area contributed by atoms with Crippen molar-refractivity contribution in [3.8, 4) is 6.07 Å². The van der Waals surface area contributed by atoms with E-state index in [4.69, 9.17) is 11.0 Å². The Morgan fingerprint density at radius 3 is 2.53 bits per heavy atom. The summed E-state index contributed by atoms with van der Waals surface area (Å²) in [6.45, 7) is 6.33. The van der Waals surface area contributed by atoms with E-state index in [1.165, 1.54) is 5.56 Å². The Balaban J connectivity index is 2.64. The lowest BCUT2D eigenvalue weighted by atomic mass is 10.1. The van der Waals surface area contributed by atoms with E-state index in [-0.39, 0.29) is 0 Å². The fourth-order valence-corrected chi connectivity index (χ4v) is 1.87. The van der Waals surface area contributed by atoms with Crippen molar-refractivity contribution in [2.24, 2.45) is 5.73 Å². The van der Waals surface area contributed by atoms with Gasteiger partial charge < -0.3 is 5.73 Å². The highest BCUT2D eigenvalue weighted by Gasteiger charge is 2.21. The average Bonchev–Trinajstić information content (AvgIpc) is 2.30. The van der Waals surface area contributed by atoms with Crippen LogP contribution in [0.1, 0.15) is 25.8 Å². The molecule has 0 aliphatic carbocycles. The molecule has 1 aromatic carbocycles. The minimum atomic E-state index is -0.774. The zero-order valence-electron chi connectivity index (χ0n) is 10.7. The molecule has 3 heteroatoms. The first-order chi connectivity index (χ1) is 8.07. The number of rotatable bonds is 6. The minimum absolute atomic E-state index is 0.603. The normalized spacial score (nSPS) is 14.3. The summed E-state index contributed by atoms with van der Waals surface area (Å²) in [4.78, 5) is 2.23. The first kappa shape index (κ1) is 13.7. The molecule has 0 saturated heterocycles. The molecule has 0 saturated carbocycles. The van der Waals surface area contributed by atoms with Crippen molar-refractivity contribution in [2.75, 3.05) is 13.1 Å². The second-order valence-corrected chi connectivity index (χ2v) is 4.73. The molecule has 0 heterocycles. The first-order valence-corrected chi connectivity index (χ1v) is 6.04. The van der Waals surface area contributed by atoms with Gasteiger partial charge in [0.25, 0.3) is 0 Å². The number of nitrogens with two attached hydrogens (primary N) is 1. The predicted octanol–water partition coefficient (Wildman–Crippen LogP) is 2.14. The maximum absolute atomic E-state index is 8.98. The quantitative estimate of drug-likeness (QED) is 0.816. The zero-order chi connectivity index (χ0) is 12.7. The van der Waals surface area contributed by atoms with E-state index in [1.54, 1.807) is 6.92 Å². The smallest absolute Gasteiger partial charge is 0.114 e. The van der Waals surface area contributed by atoms with Crippen LogP contribution in [0.4, 0.5) is 0 Å². The molecule has 0 spiro atoms. The van der Waals surface area contributed by atoms with Crippen LogP contribution in [0.2, 0.25) is 0 Å². The van der Waals surface area contributed by atoms with Crippen molar-refractivity contribution in [3.63, 3.8) is 0 Å². The van der Waals surface area contributed by atoms with Crippen LogP contribution in [0.5, 0.6) is 0 Å². The van der Waals surface area contributed by atoms with E-state index >= 15 is 0 Å². The van der Waals surface area contributed by atoms with Gasteiger partial charge in [-0.1, -0.05) is 37.3 Å². The van der Waals surface area contributed by atoms with Gasteiger partial charge in [0.2, 0.25) is 0 Å². The third-order valence-electron chi connectivity index (χ3n) is 2.60. The third kappa shape index (κ3) is 4.99. The van der Waals surface area contributed by atoms with Crippen LogP contribution in [0.25, 0.3) is 0 Å². The van der Waals surface area contributed by atoms with Crippen molar-refractivity contribution in [2.45, 2.75) is 32.4 Å². The molecule has 0 aliphatic heterocycles. The maximum Gasteiger partial charge on any atom is 0.114 e. The molecule has 3 nitrogen and oxygen atoms in total. The van der Waals surface area contributed by atoms with Crippen LogP contribution in [0, 0.1) is 11.3 Å². The van der Waals surface area contributed by atoms with Crippen molar-refractivity contribution in [3.05, 3.63) is 35.9 Å². The monoisotopic (exact) mass is 231 g/mol. The lowest BCUT2D eigenvalue weighted by Gasteiger charge is -2.27. The van der Waals surface area contributed by atoms with Gasteiger partial charge in [0.15, 0.2) is 0 Å². The van der Waals surface area contributed by atoms with E-state index < -0.39 is 5.54 Å². The number of nitrogens with zero attached hydrogens (tertiary/aromatic N) is 2. The summed E-state index contributed by atoms with van der Waals surface area (Å²) in [5.41, 5.74) is 6.38. The van der Waals surface area contributed by atoms with Gasteiger partial charge in [0.05, 0.1) is 6.07 Å². The molecule has 0 aromatic heterocycles. The van der Waals surface area contributed by atoms with Gasteiger partial charge in [-0.2, -0.15) is 5.26 Å². The summed E-state index contributed by atoms with van der Waals surface area (Å²) in [5.74, 6) is 0. The van der Waals surface area contributed by atoms with Gasteiger partial charge in [-0.25, -0.2) is 0 Å². The summed E-state index contributed by atoms with van der Waals surface area (Å²) in [5, 5.41) is 8.98. The highest BCUT2D eigenvalue weighted by atomic mass is 15.1. The summed E-state index contributed by atoms with van der Waals surface area (Å²) in [6.07, 6.45) is 1.06. The lowest BCUT2D eigenvalue weighted by molar-refractivity contribution is 0.233. The largest absolute Gasteiger partial charge is 0.313 e. The lowest BCUT2D eigenvalue weighted by Crippen LogP contribution is -2.46. The number of hydrogen-bond acceptors (Lipinski definition) is 3. The molecule has 0 bridgehead atoms. The molecular weight excluding hydrogens is 210 g/mol. The summed E-state index contributed by atoms with van der Waals surface area (Å²) in [7, 11) is 0. The molecule has 0 aliphatic rings. The Hall–Kier alpha value is -1.37. The second kappa shape index (κ2) is 6.39.